The molecule has 17 heteroatoms. The Morgan fingerprint density at radius 3 is 0.593 bits per heavy atom. The molecule has 0 rings (SSSR count). The Hall–Kier alpha value is -1.08. The molecule has 0 amide bonds. The van der Waals surface area contributed by atoms with Crippen molar-refractivity contribution in [3.05, 3.63) is 12.3 Å². The molecule has 0 spiro atoms. The first-order chi connectivity index (χ1) is 11.1. The van der Waals surface area contributed by atoms with Gasteiger partial charge in [-0.3, -0.25) is 0 Å². The number of hydrogen-bond donors (Lipinski definition) is 0. The summed E-state index contributed by atoms with van der Waals surface area (Å²) in [5.74, 6) is 0. The number of nitrogens with zero attached hydrogens (tertiary/aromatic N) is 2. The fourth-order valence-corrected chi connectivity index (χ4v) is 0.321. The Morgan fingerprint density at radius 2 is 0.593 bits per heavy atom. The normalized spacial score (nSPS) is 11.3. The molecule has 156 valence electrons. The van der Waals surface area contributed by atoms with Crippen molar-refractivity contribution in [2.45, 2.75) is 38.6 Å². The molecule has 0 heterocycles. The van der Waals surface area contributed by atoms with Crippen molar-refractivity contribution in [1.29, 1.82) is 10.5 Å². The number of nitriles is 2. The average Bonchev–Trinajstić information content (AvgIpc) is 2.35. The molecule has 0 N–H and O–H groups in total. The van der Waals surface area contributed by atoms with E-state index in [-0.39, 0.29) is 27.3 Å². The van der Waals surface area contributed by atoms with E-state index in [2.05, 4.69) is 0 Å². The van der Waals surface area contributed by atoms with Gasteiger partial charge in [-0.15, -0.1) is 0 Å². The number of rotatable bonds is 0. The summed E-state index contributed by atoms with van der Waals surface area (Å²) < 4.78 is 152. The monoisotopic (exact) mass is 534 g/mol. The third-order valence-electron chi connectivity index (χ3n) is 0.996. The maximum Gasteiger partial charge on any atom is 2.00 e. The molecule has 0 unspecified atom stereocenters. The van der Waals surface area contributed by atoms with E-state index in [1.807, 2.05) is 0 Å². The zero-order valence-electron chi connectivity index (χ0n) is 12.9. The SMILES string of the molecule is CC#N.CC#N.F[C-](C(F)(F)F)C(F)(F)F.F[C-](C(F)(F)F)C(F)(F)F.[Cd+2]. The van der Waals surface area contributed by atoms with Crippen molar-refractivity contribution in [2.75, 3.05) is 0 Å². The molecule has 2 nitrogen and oxygen atoms in total. The maximum atomic E-state index is 11.1. The topological polar surface area (TPSA) is 47.6 Å². The van der Waals surface area contributed by atoms with Crippen LogP contribution in [0.2, 0.25) is 0 Å². The quantitative estimate of drug-likeness (QED) is 0.209. The van der Waals surface area contributed by atoms with Crippen molar-refractivity contribution in [2.24, 2.45) is 0 Å². The second-order valence-corrected chi connectivity index (χ2v) is 3.07. The largest absolute Gasteiger partial charge is 2.00 e. The average molecular weight is 533 g/mol. The molecule has 0 aliphatic carbocycles. The van der Waals surface area contributed by atoms with Gasteiger partial charge in [0, 0.05) is 26.2 Å². The number of hydrogen-bond acceptors (Lipinski definition) is 2. The van der Waals surface area contributed by atoms with Crippen LogP contribution < -0.4 is 0 Å². The van der Waals surface area contributed by atoms with Crippen LogP contribution in [0.25, 0.3) is 0 Å². The third-order valence-corrected chi connectivity index (χ3v) is 0.996. The van der Waals surface area contributed by atoms with E-state index in [0.717, 1.165) is 0 Å². The van der Waals surface area contributed by atoms with Gasteiger partial charge >= 0.3 is 52.0 Å². The van der Waals surface area contributed by atoms with E-state index in [1.54, 1.807) is 12.1 Å². The van der Waals surface area contributed by atoms with E-state index in [9.17, 15) is 61.5 Å². The second-order valence-electron chi connectivity index (χ2n) is 3.07. The summed E-state index contributed by atoms with van der Waals surface area (Å²) in [7, 11) is 0. The molecule has 0 aromatic heterocycles. The van der Waals surface area contributed by atoms with Crippen molar-refractivity contribution in [1.82, 2.24) is 0 Å². The zero-order chi connectivity index (χ0) is 22.6. The summed E-state index contributed by atoms with van der Waals surface area (Å²) >= 11 is 0. The van der Waals surface area contributed by atoms with Crippen LogP contribution in [0.4, 0.5) is 61.5 Å². The minimum Gasteiger partial charge on any atom is -0.438 e. The second kappa shape index (κ2) is 14.9. The van der Waals surface area contributed by atoms with Crippen molar-refractivity contribution in [3.8, 4) is 12.1 Å². The smallest absolute Gasteiger partial charge is 0.438 e. The van der Waals surface area contributed by atoms with E-state index < -0.39 is 37.0 Å². The summed E-state index contributed by atoms with van der Waals surface area (Å²) in [5.41, 5.74) is 0. The number of halogens is 14. The first-order valence-electron chi connectivity index (χ1n) is 5.09. The minimum atomic E-state index is -5.93. The van der Waals surface area contributed by atoms with E-state index in [4.69, 9.17) is 10.5 Å². The van der Waals surface area contributed by atoms with Crippen LogP contribution in [-0.4, -0.2) is 24.7 Å². The summed E-state index contributed by atoms with van der Waals surface area (Å²) in [4.78, 5) is 0. The molecule has 0 radical (unpaired) electrons. The van der Waals surface area contributed by atoms with Crippen LogP contribution in [0.1, 0.15) is 13.8 Å². The van der Waals surface area contributed by atoms with Gasteiger partial charge in [-0.1, -0.05) is 0 Å². The molecule has 0 aromatic rings. The Labute approximate surface area is 162 Å². The van der Waals surface area contributed by atoms with Gasteiger partial charge in [0.1, 0.15) is 0 Å². The van der Waals surface area contributed by atoms with Crippen molar-refractivity contribution in [3.63, 3.8) is 0 Å². The van der Waals surface area contributed by atoms with Crippen LogP contribution in [0, 0.1) is 35.0 Å². The van der Waals surface area contributed by atoms with Gasteiger partial charge in [-0.05, 0) is 0 Å². The van der Waals surface area contributed by atoms with Gasteiger partial charge in [-0.25, -0.2) is 52.7 Å². The van der Waals surface area contributed by atoms with E-state index >= 15 is 0 Å². The summed E-state index contributed by atoms with van der Waals surface area (Å²) in [6, 6.07) is 3.50. The summed E-state index contributed by atoms with van der Waals surface area (Å²) in [5, 5.41) is 14.6. The predicted octanol–water partition coefficient (Wildman–Crippen LogP) is 6.28. The van der Waals surface area contributed by atoms with Crippen LogP contribution in [0.5, 0.6) is 0 Å². The first-order valence-corrected chi connectivity index (χ1v) is 5.09. The van der Waals surface area contributed by atoms with Gasteiger partial charge in [-0.2, -0.15) is 10.5 Å². The van der Waals surface area contributed by atoms with Crippen LogP contribution in [0.15, 0.2) is 0 Å². The van der Waals surface area contributed by atoms with Crippen LogP contribution in [0.3, 0.4) is 0 Å². The molecule has 0 fully saturated rings. The molecule has 0 bridgehead atoms. The molecular formula is C10H6CdF14N2. The molecule has 0 atom stereocenters. The molecule has 0 saturated heterocycles. The summed E-state index contributed by atoms with van der Waals surface area (Å²) in [6.07, 6.45) is -31.6. The van der Waals surface area contributed by atoms with Gasteiger partial charge in [0.15, 0.2) is 0 Å². The molecule has 0 saturated carbocycles. The zero-order valence-corrected chi connectivity index (χ0v) is 16.9. The third kappa shape index (κ3) is 24.9. The van der Waals surface area contributed by atoms with Crippen LogP contribution in [-0.2, 0) is 27.3 Å². The van der Waals surface area contributed by atoms with E-state index in [1.165, 1.54) is 13.8 Å². The minimum absolute atomic E-state index is 0. The molecule has 0 aliphatic rings. The van der Waals surface area contributed by atoms with Gasteiger partial charge < -0.3 is 8.78 Å². The standard InChI is InChI=1S/2C3F7.2C2H3N.Cd/c2*4-1(2(5,6)7)3(8,9)10;2*1-2-3;/h;;2*1H3;/q2*-1;;;+2. The molecule has 27 heavy (non-hydrogen) atoms. The van der Waals surface area contributed by atoms with Gasteiger partial charge in [0.25, 0.3) is 0 Å². The Bertz CT molecular complexity index is 366. The molecular weight excluding hydrogens is 527 g/mol. The first kappa shape index (κ1) is 36.8. The van der Waals surface area contributed by atoms with Gasteiger partial charge in [0.2, 0.25) is 0 Å². The summed E-state index contributed by atoms with van der Waals surface area (Å²) in [6.45, 7) is 2.86. The Morgan fingerprint density at radius 1 is 0.519 bits per heavy atom. The fourth-order valence-electron chi connectivity index (χ4n) is 0.321. The maximum absolute atomic E-state index is 11.1. The molecule has 0 aromatic carbocycles. The predicted molar refractivity (Wildman–Crippen MR) is 55.5 cm³/mol. The van der Waals surface area contributed by atoms with Crippen molar-refractivity contribution < 1.29 is 88.8 Å². The Balaban J connectivity index is -0.0000000899. The van der Waals surface area contributed by atoms with Crippen molar-refractivity contribution >= 4 is 0 Å². The van der Waals surface area contributed by atoms with Crippen LogP contribution >= 0.6 is 0 Å². The van der Waals surface area contributed by atoms with E-state index in [0.29, 0.717) is 0 Å². The fraction of sp³-hybridized carbons (Fsp3) is 0.600. The number of alkyl halides is 12. The Kier molecular flexibility index (Phi) is 20.3. The van der Waals surface area contributed by atoms with Gasteiger partial charge in [0.05, 0.1) is 12.1 Å². The molecule has 0 aliphatic heterocycles.